The van der Waals surface area contributed by atoms with E-state index in [4.69, 9.17) is 0 Å². The molecule has 0 aliphatic heterocycles. The highest BCUT2D eigenvalue weighted by Crippen LogP contribution is 2.19. The van der Waals surface area contributed by atoms with Gasteiger partial charge in [-0.3, -0.25) is 0 Å². The minimum atomic E-state index is 1.26. The molecule has 1 heteroatoms. The Morgan fingerprint density at radius 1 is 0.714 bits per heavy atom. The highest BCUT2D eigenvalue weighted by atomic mass is 79.9. The first-order valence-corrected chi connectivity index (χ1v) is 7.03. The van der Waals surface area contributed by atoms with E-state index in [0.717, 1.165) is 0 Å². The van der Waals surface area contributed by atoms with Gasteiger partial charge in [0, 0.05) is 0 Å². The minimum Gasteiger partial charge on any atom is -0.0744 e. The van der Waals surface area contributed by atoms with E-state index in [0.29, 0.717) is 0 Å². The first-order chi connectivity index (χ1) is 6.89. The largest absolute Gasteiger partial charge is 0.0744 e. The Hall–Kier alpha value is 0.220. The third kappa shape index (κ3) is 6.64. The van der Waals surface area contributed by atoms with Gasteiger partial charge in [-0.15, -0.1) is 0 Å². The van der Waals surface area contributed by atoms with Gasteiger partial charge in [-0.25, -0.2) is 0 Å². The summed E-state index contributed by atoms with van der Waals surface area (Å²) in [6.45, 7) is 0. The molecule has 1 aliphatic rings. The lowest BCUT2D eigenvalue weighted by atomic mass is 10.1. The van der Waals surface area contributed by atoms with Crippen LogP contribution in [0.2, 0.25) is 0 Å². The predicted molar refractivity (Wildman–Crippen MR) is 67.8 cm³/mol. The van der Waals surface area contributed by atoms with Gasteiger partial charge in [0.25, 0.3) is 0 Å². The molecule has 0 N–H and O–H groups in total. The van der Waals surface area contributed by atoms with Crippen LogP contribution in [0.4, 0.5) is 0 Å². The molecule has 0 saturated carbocycles. The molecule has 0 heterocycles. The summed E-state index contributed by atoms with van der Waals surface area (Å²) >= 11 is 3.66. The average molecular weight is 259 g/mol. The molecule has 0 aromatic carbocycles. The lowest BCUT2D eigenvalue weighted by Crippen LogP contribution is -1.80. The summed E-state index contributed by atoms with van der Waals surface area (Å²) in [6.07, 6.45) is 17.8. The molecule has 1 rings (SSSR count). The third-order valence-electron chi connectivity index (χ3n) is 2.99. The summed E-state index contributed by atoms with van der Waals surface area (Å²) in [6, 6.07) is 0. The van der Waals surface area contributed by atoms with Crippen LogP contribution in [0.5, 0.6) is 0 Å². The number of rotatable bonds is 0. The van der Waals surface area contributed by atoms with Gasteiger partial charge in [0.15, 0.2) is 0 Å². The highest BCUT2D eigenvalue weighted by molar-refractivity contribution is 9.11. The number of hydrogen-bond acceptors (Lipinski definition) is 0. The Balaban J connectivity index is 2.21. The Morgan fingerprint density at radius 2 is 1.21 bits per heavy atom. The van der Waals surface area contributed by atoms with Gasteiger partial charge in [0.1, 0.15) is 0 Å². The van der Waals surface area contributed by atoms with Gasteiger partial charge in [-0.1, -0.05) is 67.0 Å². The Kier molecular flexibility index (Phi) is 7.48. The number of hydrogen-bond donors (Lipinski definition) is 0. The molecule has 0 saturated heterocycles. The van der Waals surface area contributed by atoms with Gasteiger partial charge in [0.05, 0.1) is 0 Å². The van der Waals surface area contributed by atoms with E-state index in [1.165, 1.54) is 75.1 Å². The fourth-order valence-electron chi connectivity index (χ4n) is 2.04. The van der Waals surface area contributed by atoms with Gasteiger partial charge in [-0.2, -0.15) is 0 Å². The summed E-state index contributed by atoms with van der Waals surface area (Å²) in [5.41, 5.74) is 0. The molecule has 1 aliphatic carbocycles. The number of halogens is 1. The normalized spacial score (nSPS) is 22.8. The smallest absolute Gasteiger partial charge is 0.00892 e. The molecule has 0 atom stereocenters. The quantitative estimate of drug-likeness (QED) is 0.533. The minimum absolute atomic E-state index is 1.26. The first kappa shape index (κ1) is 12.3. The van der Waals surface area contributed by atoms with Crippen molar-refractivity contribution in [3.8, 4) is 0 Å². The zero-order valence-corrected chi connectivity index (χ0v) is 10.8. The standard InChI is InChI=1S/C13H23Br/c14-13-11-9-7-5-3-1-2-4-6-8-10-12-13/h11H,1-10,12H2. The molecule has 0 nitrogen and oxygen atoms in total. The Bertz CT molecular complexity index is 161. The van der Waals surface area contributed by atoms with E-state index in [9.17, 15) is 0 Å². The molecule has 82 valence electrons. The molecule has 0 amide bonds. The van der Waals surface area contributed by atoms with Crippen LogP contribution in [0.15, 0.2) is 10.6 Å². The van der Waals surface area contributed by atoms with Crippen LogP contribution in [-0.2, 0) is 0 Å². The van der Waals surface area contributed by atoms with E-state index in [2.05, 4.69) is 22.0 Å². The van der Waals surface area contributed by atoms with Crippen LogP contribution in [0.25, 0.3) is 0 Å². The molecule has 0 fully saturated rings. The van der Waals surface area contributed by atoms with Gasteiger partial charge >= 0.3 is 0 Å². The van der Waals surface area contributed by atoms with Crippen molar-refractivity contribution in [2.75, 3.05) is 0 Å². The molecule has 0 aromatic heterocycles. The van der Waals surface area contributed by atoms with Crippen LogP contribution in [0.3, 0.4) is 0 Å². The molecule has 0 spiro atoms. The van der Waals surface area contributed by atoms with Gasteiger partial charge < -0.3 is 0 Å². The Morgan fingerprint density at radius 3 is 1.86 bits per heavy atom. The third-order valence-corrected chi connectivity index (χ3v) is 3.71. The van der Waals surface area contributed by atoms with E-state index >= 15 is 0 Å². The highest BCUT2D eigenvalue weighted by Gasteiger charge is 1.97. The van der Waals surface area contributed by atoms with E-state index in [1.807, 2.05) is 0 Å². The molecular weight excluding hydrogens is 236 g/mol. The van der Waals surface area contributed by atoms with Crippen LogP contribution in [0.1, 0.15) is 70.6 Å². The van der Waals surface area contributed by atoms with Crippen molar-refractivity contribution in [1.82, 2.24) is 0 Å². The van der Waals surface area contributed by atoms with Gasteiger partial charge in [-0.05, 0) is 30.2 Å². The van der Waals surface area contributed by atoms with Crippen molar-refractivity contribution < 1.29 is 0 Å². The van der Waals surface area contributed by atoms with Crippen LogP contribution in [0, 0.1) is 0 Å². The molecular formula is C13H23Br. The van der Waals surface area contributed by atoms with Crippen molar-refractivity contribution in [3.05, 3.63) is 10.6 Å². The van der Waals surface area contributed by atoms with E-state index in [-0.39, 0.29) is 0 Å². The molecule has 0 radical (unpaired) electrons. The van der Waals surface area contributed by atoms with Crippen molar-refractivity contribution in [2.45, 2.75) is 70.6 Å². The van der Waals surface area contributed by atoms with Crippen LogP contribution >= 0.6 is 15.9 Å². The Labute approximate surface area is 97.3 Å². The van der Waals surface area contributed by atoms with Crippen molar-refractivity contribution in [2.24, 2.45) is 0 Å². The lowest BCUT2D eigenvalue weighted by Gasteiger charge is -2.00. The summed E-state index contributed by atoms with van der Waals surface area (Å²) in [7, 11) is 0. The molecule has 0 bridgehead atoms. The van der Waals surface area contributed by atoms with Gasteiger partial charge in [0.2, 0.25) is 0 Å². The van der Waals surface area contributed by atoms with Crippen LogP contribution < -0.4 is 0 Å². The summed E-state index contributed by atoms with van der Waals surface area (Å²) in [4.78, 5) is 0. The second kappa shape index (κ2) is 8.52. The molecule has 14 heavy (non-hydrogen) atoms. The van der Waals surface area contributed by atoms with Crippen LogP contribution in [-0.4, -0.2) is 0 Å². The molecule has 0 unspecified atom stereocenters. The maximum absolute atomic E-state index is 3.66. The second-order valence-corrected chi connectivity index (χ2v) is 5.39. The predicted octanol–water partition coefficient (Wildman–Crippen LogP) is 5.57. The summed E-state index contributed by atoms with van der Waals surface area (Å²) in [5, 5.41) is 0. The molecule has 0 aromatic rings. The zero-order chi connectivity index (χ0) is 10.1. The lowest BCUT2D eigenvalue weighted by molar-refractivity contribution is 0.564. The first-order valence-electron chi connectivity index (χ1n) is 6.24. The SMILES string of the molecule is BrC1=CCCCCCCCCCCC1. The topological polar surface area (TPSA) is 0 Å². The maximum atomic E-state index is 3.66. The zero-order valence-electron chi connectivity index (χ0n) is 9.23. The van der Waals surface area contributed by atoms with E-state index in [1.54, 1.807) is 0 Å². The van der Waals surface area contributed by atoms with Crippen molar-refractivity contribution >= 4 is 15.9 Å². The fraction of sp³-hybridized carbons (Fsp3) is 0.846. The summed E-state index contributed by atoms with van der Waals surface area (Å²) < 4.78 is 1.44. The number of allylic oxidation sites excluding steroid dienone is 2. The average Bonchev–Trinajstić information content (AvgIpc) is 2.20. The monoisotopic (exact) mass is 258 g/mol. The maximum Gasteiger partial charge on any atom is -0.00892 e. The van der Waals surface area contributed by atoms with E-state index < -0.39 is 0 Å². The van der Waals surface area contributed by atoms with Crippen molar-refractivity contribution in [1.29, 1.82) is 0 Å². The second-order valence-electron chi connectivity index (χ2n) is 4.37. The van der Waals surface area contributed by atoms with Crippen molar-refractivity contribution in [3.63, 3.8) is 0 Å². The fourth-order valence-corrected chi connectivity index (χ4v) is 2.55. The summed E-state index contributed by atoms with van der Waals surface area (Å²) in [5.74, 6) is 0.